The average Bonchev–Trinajstić information content (AvgIpc) is 2.46. The molecule has 0 aromatic heterocycles. The number of likely N-dealkylation sites (tertiary alicyclic amines) is 1. The first-order chi connectivity index (χ1) is 7.97. The van der Waals surface area contributed by atoms with Gasteiger partial charge in [0.05, 0.1) is 11.3 Å². The number of fused-ring (bicyclic) bond motifs is 1. The molecule has 5 heteroatoms. The van der Waals surface area contributed by atoms with E-state index in [2.05, 4.69) is 0 Å². The first-order valence-electron chi connectivity index (χ1n) is 5.67. The van der Waals surface area contributed by atoms with E-state index in [9.17, 15) is 19.5 Å². The number of carbonyl (C=O) groups is 3. The second kappa shape index (κ2) is 3.98. The molecule has 1 aliphatic heterocycles. The third kappa shape index (κ3) is 1.75. The monoisotopic (exact) mass is 236 g/mol. The number of carboxylic acids is 1. The molecule has 0 spiro atoms. The first-order valence-corrected chi connectivity index (χ1v) is 5.67. The van der Waals surface area contributed by atoms with Crippen molar-refractivity contribution in [2.45, 2.75) is 26.2 Å². The third-order valence-corrected chi connectivity index (χ3v) is 3.69. The van der Waals surface area contributed by atoms with Gasteiger partial charge in [0.1, 0.15) is 0 Å². The molecule has 0 radical (unpaired) electrons. The van der Waals surface area contributed by atoms with Gasteiger partial charge in [-0.1, -0.05) is 12.2 Å². The minimum absolute atomic E-state index is 0.0773. The molecule has 1 aliphatic carbocycles. The molecule has 92 valence electrons. The molecule has 0 bridgehead atoms. The van der Waals surface area contributed by atoms with E-state index < -0.39 is 11.4 Å². The van der Waals surface area contributed by atoms with Crippen LogP contribution >= 0.6 is 0 Å². The molecule has 1 fully saturated rings. The van der Waals surface area contributed by atoms with Crippen molar-refractivity contribution in [2.24, 2.45) is 11.3 Å². The number of rotatable bonds is 3. The molecular formula is C12H14NO4-. The second-order valence-electron chi connectivity index (χ2n) is 4.80. The molecule has 5 nitrogen and oxygen atoms in total. The van der Waals surface area contributed by atoms with Crippen molar-refractivity contribution in [1.82, 2.24) is 4.90 Å². The molecule has 0 aromatic rings. The molecule has 0 aromatic carbocycles. The molecule has 2 atom stereocenters. The second-order valence-corrected chi connectivity index (χ2v) is 4.80. The van der Waals surface area contributed by atoms with E-state index in [1.165, 1.54) is 0 Å². The van der Waals surface area contributed by atoms with Crippen LogP contribution in [0.1, 0.15) is 26.2 Å². The molecule has 0 unspecified atom stereocenters. The molecule has 1 heterocycles. The molecule has 0 saturated carbocycles. The van der Waals surface area contributed by atoms with Crippen LogP contribution in [0.2, 0.25) is 0 Å². The normalized spacial score (nSPS) is 31.8. The molecule has 0 N–H and O–H groups in total. The minimum atomic E-state index is -1.25. The van der Waals surface area contributed by atoms with Crippen molar-refractivity contribution in [1.29, 1.82) is 0 Å². The SMILES string of the molecule is C[C@@]12CC=CC[C@@H]1C(=O)N(CCC(=O)[O-])C2=O. The highest BCUT2D eigenvalue weighted by Gasteiger charge is 2.55. The third-order valence-electron chi connectivity index (χ3n) is 3.69. The Kier molecular flexibility index (Phi) is 2.77. The van der Waals surface area contributed by atoms with Gasteiger partial charge in [-0.3, -0.25) is 14.5 Å². The van der Waals surface area contributed by atoms with E-state index in [-0.39, 0.29) is 30.7 Å². The van der Waals surface area contributed by atoms with Crippen LogP contribution in [0.15, 0.2) is 12.2 Å². The Morgan fingerprint density at radius 1 is 1.53 bits per heavy atom. The standard InChI is InChI=1S/C12H15NO4/c1-12-6-3-2-4-8(12)10(16)13(11(12)17)7-5-9(14)15/h2-3,8H,4-7H2,1H3,(H,14,15)/p-1/t8-,12-/m1/s1. The van der Waals surface area contributed by atoms with Crippen LogP contribution in [0.5, 0.6) is 0 Å². The van der Waals surface area contributed by atoms with Crippen molar-refractivity contribution in [3.8, 4) is 0 Å². The summed E-state index contributed by atoms with van der Waals surface area (Å²) in [6.07, 6.45) is 4.62. The number of carbonyl (C=O) groups excluding carboxylic acids is 3. The van der Waals surface area contributed by atoms with E-state index in [1.54, 1.807) is 6.92 Å². The van der Waals surface area contributed by atoms with Gasteiger partial charge in [0.15, 0.2) is 0 Å². The van der Waals surface area contributed by atoms with Gasteiger partial charge < -0.3 is 9.90 Å². The van der Waals surface area contributed by atoms with Crippen LogP contribution < -0.4 is 5.11 Å². The lowest BCUT2D eigenvalue weighted by Crippen LogP contribution is -2.37. The Morgan fingerprint density at radius 3 is 2.82 bits per heavy atom. The summed E-state index contributed by atoms with van der Waals surface area (Å²) in [5, 5.41) is 10.4. The first kappa shape index (κ1) is 11.8. The summed E-state index contributed by atoms with van der Waals surface area (Å²) in [6.45, 7) is 1.70. The van der Waals surface area contributed by atoms with Gasteiger partial charge in [0.2, 0.25) is 11.8 Å². The number of amides is 2. The summed E-state index contributed by atoms with van der Waals surface area (Å²) in [7, 11) is 0. The van der Waals surface area contributed by atoms with E-state index in [4.69, 9.17) is 0 Å². The predicted molar refractivity (Wildman–Crippen MR) is 56.3 cm³/mol. The zero-order valence-electron chi connectivity index (χ0n) is 9.64. The summed E-state index contributed by atoms with van der Waals surface area (Å²) in [5.41, 5.74) is -0.683. The van der Waals surface area contributed by atoms with Crippen LogP contribution in [-0.4, -0.2) is 29.2 Å². The van der Waals surface area contributed by atoms with E-state index in [1.807, 2.05) is 12.2 Å². The highest BCUT2D eigenvalue weighted by Crippen LogP contribution is 2.45. The number of carboxylic acid groups (broad SMARTS) is 1. The van der Waals surface area contributed by atoms with Gasteiger partial charge in [0, 0.05) is 18.9 Å². The number of imide groups is 1. The Balaban J connectivity index is 2.19. The molecule has 1 saturated heterocycles. The van der Waals surface area contributed by atoms with E-state index in [0.29, 0.717) is 12.8 Å². The zero-order valence-corrected chi connectivity index (χ0v) is 9.64. The number of aliphatic carboxylic acids is 1. The molecule has 17 heavy (non-hydrogen) atoms. The van der Waals surface area contributed by atoms with Gasteiger partial charge in [-0.15, -0.1) is 0 Å². The van der Waals surface area contributed by atoms with Crippen molar-refractivity contribution in [2.75, 3.05) is 6.54 Å². The fraction of sp³-hybridized carbons (Fsp3) is 0.583. The van der Waals surface area contributed by atoms with Gasteiger partial charge in [-0.05, 0) is 19.8 Å². The molecular weight excluding hydrogens is 222 g/mol. The molecule has 2 amide bonds. The maximum absolute atomic E-state index is 12.1. The highest BCUT2D eigenvalue weighted by atomic mass is 16.4. The van der Waals surface area contributed by atoms with Crippen molar-refractivity contribution in [3.63, 3.8) is 0 Å². The van der Waals surface area contributed by atoms with Gasteiger partial charge in [-0.2, -0.15) is 0 Å². The lowest BCUT2D eigenvalue weighted by molar-refractivity contribution is -0.305. The quantitative estimate of drug-likeness (QED) is 0.487. The van der Waals surface area contributed by atoms with Crippen molar-refractivity contribution in [3.05, 3.63) is 12.2 Å². The lowest BCUT2D eigenvalue weighted by Gasteiger charge is -2.27. The Hall–Kier alpha value is -1.65. The van der Waals surface area contributed by atoms with Crippen LogP contribution in [0.25, 0.3) is 0 Å². The van der Waals surface area contributed by atoms with Gasteiger partial charge >= 0.3 is 0 Å². The maximum atomic E-state index is 12.1. The van der Waals surface area contributed by atoms with Crippen LogP contribution in [0.4, 0.5) is 0 Å². The smallest absolute Gasteiger partial charge is 0.236 e. The maximum Gasteiger partial charge on any atom is 0.236 e. The summed E-state index contributed by atoms with van der Waals surface area (Å²) in [6, 6.07) is 0. The van der Waals surface area contributed by atoms with Crippen molar-refractivity contribution < 1.29 is 19.5 Å². The van der Waals surface area contributed by atoms with Gasteiger partial charge in [0.25, 0.3) is 0 Å². The van der Waals surface area contributed by atoms with Crippen LogP contribution in [-0.2, 0) is 14.4 Å². The fourth-order valence-electron chi connectivity index (χ4n) is 2.58. The highest BCUT2D eigenvalue weighted by molar-refractivity contribution is 6.07. The number of hydrogen-bond donors (Lipinski definition) is 0. The zero-order chi connectivity index (χ0) is 12.6. The summed E-state index contributed by atoms with van der Waals surface area (Å²) < 4.78 is 0. The minimum Gasteiger partial charge on any atom is -0.550 e. The van der Waals surface area contributed by atoms with Crippen LogP contribution in [0.3, 0.4) is 0 Å². The summed E-state index contributed by atoms with van der Waals surface area (Å²) in [5.74, 6) is -2.08. The van der Waals surface area contributed by atoms with E-state index in [0.717, 1.165) is 4.90 Å². The average molecular weight is 236 g/mol. The van der Waals surface area contributed by atoms with Gasteiger partial charge in [-0.25, -0.2) is 0 Å². The Labute approximate surface area is 99.1 Å². The molecule has 2 aliphatic rings. The summed E-state index contributed by atoms with van der Waals surface area (Å²) >= 11 is 0. The van der Waals surface area contributed by atoms with Crippen molar-refractivity contribution >= 4 is 17.8 Å². The van der Waals surface area contributed by atoms with E-state index >= 15 is 0 Å². The predicted octanol–water partition coefficient (Wildman–Crippen LogP) is -0.532. The largest absolute Gasteiger partial charge is 0.550 e. The fourth-order valence-corrected chi connectivity index (χ4v) is 2.58. The number of nitrogens with zero attached hydrogens (tertiary/aromatic N) is 1. The topological polar surface area (TPSA) is 77.5 Å². The molecule has 2 rings (SSSR count). The Morgan fingerprint density at radius 2 is 2.24 bits per heavy atom. The summed E-state index contributed by atoms with van der Waals surface area (Å²) in [4.78, 5) is 35.6. The number of hydrogen-bond acceptors (Lipinski definition) is 4. The van der Waals surface area contributed by atoms with Crippen LogP contribution in [0, 0.1) is 11.3 Å². The lowest BCUT2D eigenvalue weighted by atomic mass is 9.72. The Bertz CT molecular complexity index is 415. The number of allylic oxidation sites excluding steroid dienone is 2.